The molecule has 5 nitrogen and oxygen atoms in total. The van der Waals surface area contributed by atoms with Crippen molar-refractivity contribution in [3.05, 3.63) is 53.6 Å². The van der Waals surface area contributed by atoms with Crippen LogP contribution in [-0.4, -0.2) is 20.9 Å². The predicted octanol–water partition coefficient (Wildman–Crippen LogP) is 3.74. The van der Waals surface area contributed by atoms with Gasteiger partial charge in [-0.25, -0.2) is 8.42 Å². The highest BCUT2D eigenvalue weighted by Gasteiger charge is 2.35. The maximum atomic E-state index is 12.7. The summed E-state index contributed by atoms with van der Waals surface area (Å²) in [7, 11) is -3.63. The van der Waals surface area contributed by atoms with Crippen molar-refractivity contribution in [3.8, 4) is 0 Å². The molecule has 1 saturated carbocycles. The zero-order valence-electron chi connectivity index (χ0n) is 15.4. The Morgan fingerprint density at radius 1 is 1.15 bits per heavy atom. The Kier molecular flexibility index (Phi) is 4.68. The molecule has 4 rings (SSSR count). The third-order valence-electron chi connectivity index (χ3n) is 5.28. The molecule has 142 valence electrons. The zero-order valence-corrected chi connectivity index (χ0v) is 16.3. The fraction of sp³-hybridized carbons (Fsp3) is 0.381. The molecule has 0 atom stereocenters. The van der Waals surface area contributed by atoms with Gasteiger partial charge in [0.25, 0.3) is 10.0 Å². The fourth-order valence-corrected chi connectivity index (χ4v) is 4.61. The van der Waals surface area contributed by atoms with Crippen LogP contribution in [0.3, 0.4) is 0 Å². The average Bonchev–Trinajstić information content (AvgIpc) is 3.52. The first kappa shape index (κ1) is 18.0. The lowest BCUT2D eigenvalue weighted by molar-refractivity contribution is -0.119. The smallest absolute Gasteiger partial charge is 0.261 e. The summed E-state index contributed by atoms with van der Waals surface area (Å²) in [5.41, 5.74) is 3.59. The molecule has 1 heterocycles. The van der Waals surface area contributed by atoms with E-state index in [4.69, 9.17) is 0 Å². The number of carbonyl (C=O) groups is 1. The van der Waals surface area contributed by atoms with E-state index in [1.165, 1.54) is 0 Å². The van der Waals surface area contributed by atoms with Crippen molar-refractivity contribution in [1.29, 1.82) is 0 Å². The number of hydrogen-bond donors (Lipinski definition) is 1. The molecule has 2 aliphatic rings. The first-order valence-corrected chi connectivity index (χ1v) is 11.0. The normalized spacial score (nSPS) is 16.7. The van der Waals surface area contributed by atoms with Crippen LogP contribution in [0.15, 0.2) is 47.4 Å². The van der Waals surface area contributed by atoms with Gasteiger partial charge in [-0.05, 0) is 73.6 Å². The molecule has 0 aromatic heterocycles. The quantitative estimate of drug-likeness (QED) is 0.854. The number of nitrogens with zero attached hydrogens (tertiary/aromatic N) is 1. The lowest BCUT2D eigenvalue weighted by Gasteiger charge is -2.30. The Labute approximate surface area is 160 Å². The minimum atomic E-state index is -3.63. The molecule has 2 aromatic carbocycles. The van der Waals surface area contributed by atoms with Crippen molar-refractivity contribution >= 4 is 27.3 Å². The number of carbonyl (C=O) groups excluding carboxylic acids is 1. The Hall–Kier alpha value is -2.34. The van der Waals surface area contributed by atoms with E-state index in [1.807, 2.05) is 36.1 Å². The highest BCUT2D eigenvalue weighted by Crippen LogP contribution is 2.36. The fourth-order valence-electron chi connectivity index (χ4n) is 3.56. The van der Waals surface area contributed by atoms with Crippen molar-refractivity contribution in [3.63, 3.8) is 0 Å². The summed E-state index contributed by atoms with van der Waals surface area (Å²) in [5.74, 6) is 0.389. The number of amides is 1. The second kappa shape index (κ2) is 7.00. The van der Waals surface area contributed by atoms with Crippen LogP contribution in [0.25, 0.3) is 0 Å². The van der Waals surface area contributed by atoms with E-state index in [2.05, 4.69) is 4.72 Å². The van der Waals surface area contributed by atoms with Crippen LogP contribution < -0.4 is 9.62 Å². The molecule has 0 radical (unpaired) electrons. The van der Waals surface area contributed by atoms with E-state index in [0.29, 0.717) is 5.69 Å². The van der Waals surface area contributed by atoms with Crippen molar-refractivity contribution < 1.29 is 13.2 Å². The maximum Gasteiger partial charge on any atom is 0.261 e. The number of anilines is 2. The van der Waals surface area contributed by atoms with E-state index < -0.39 is 10.0 Å². The van der Waals surface area contributed by atoms with Crippen molar-refractivity contribution in [2.75, 3.05) is 16.2 Å². The summed E-state index contributed by atoms with van der Waals surface area (Å²) in [6, 6.07) is 12.4. The number of fused-ring (bicyclic) bond motifs is 1. The molecule has 1 amide bonds. The largest absolute Gasteiger partial charge is 0.312 e. The maximum absolute atomic E-state index is 12.7. The summed E-state index contributed by atoms with van der Waals surface area (Å²) < 4.78 is 28.0. The number of aryl methyl sites for hydroxylation is 2. The van der Waals surface area contributed by atoms with Crippen LogP contribution in [0.2, 0.25) is 0 Å². The molecule has 1 fully saturated rings. The number of sulfonamides is 1. The molecule has 27 heavy (non-hydrogen) atoms. The molecule has 2 aromatic rings. The summed E-state index contributed by atoms with van der Waals surface area (Å²) in [6.45, 7) is 2.78. The lowest BCUT2D eigenvalue weighted by atomic mass is 10.0. The molecule has 1 N–H and O–H groups in total. The van der Waals surface area contributed by atoms with Gasteiger partial charge in [0.2, 0.25) is 5.91 Å². The molecule has 1 aliphatic carbocycles. The van der Waals surface area contributed by atoms with Crippen molar-refractivity contribution in [1.82, 2.24) is 0 Å². The Balaban J connectivity index is 1.57. The SMILES string of the molecule is CCc1ccc(S(=O)(=O)Nc2ccc3c(c2)CCCN3C(=O)C2CC2)cc1. The standard InChI is InChI=1S/C21H24N2O3S/c1-2-15-5-10-19(11-6-15)27(25,26)22-18-9-12-20-17(14-18)4-3-13-23(20)21(24)16-7-8-16/h5-6,9-12,14,16,22H,2-4,7-8,13H2,1H3. The Morgan fingerprint density at radius 3 is 2.56 bits per heavy atom. The van der Waals surface area contributed by atoms with Gasteiger partial charge in [-0.2, -0.15) is 0 Å². The van der Waals surface area contributed by atoms with Crippen LogP contribution in [0.1, 0.15) is 37.3 Å². The zero-order chi connectivity index (χ0) is 19.0. The average molecular weight is 385 g/mol. The molecule has 1 aliphatic heterocycles. The van der Waals surface area contributed by atoms with Crippen LogP contribution in [0.4, 0.5) is 11.4 Å². The minimum Gasteiger partial charge on any atom is -0.312 e. The summed E-state index contributed by atoms with van der Waals surface area (Å²) in [6.07, 6.45) is 4.60. The first-order valence-electron chi connectivity index (χ1n) is 9.54. The third-order valence-corrected chi connectivity index (χ3v) is 6.68. The van der Waals surface area contributed by atoms with Gasteiger partial charge < -0.3 is 4.90 Å². The molecule has 6 heteroatoms. The van der Waals surface area contributed by atoms with Crippen LogP contribution in [-0.2, 0) is 27.7 Å². The molecular weight excluding hydrogens is 360 g/mol. The van der Waals surface area contributed by atoms with Gasteiger partial charge in [-0.15, -0.1) is 0 Å². The van der Waals surface area contributed by atoms with Gasteiger partial charge in [0, 0.05) is 23.8 Å². The second-order valence-corrected chi connectivity index (χ2v) is 9.00. The predicted molar refractivity (Wildman–Crippen MR) is 106 cm³/mol. The van der Waals surface area contributed by atoms with Gasteiger partial charge >= 0.3 is 0 Å². The number of benzene rings is 2. The highest BCUT2D eigenvalue weighted by molar-refractivity contribution is 7.92. The van der Waals surface area contributed by atoms with E-state index >= 15 is 0 Å². The Morgan fingerprint density at radius 2 is 1.89 bits per heavy atom. The molecule has 0 saturated heterocycles. The van der Waals surface area contributed by atoms with Crippen LogP contribution in [0, 0.1) is 5.92 Å². The second-order valence-electron chi connectivity index (χ2n) is 7.31. The summed E-state index contributed by atoms with van der Waals surface area (Å²) >= 11 is 0. The van der Waals surface area contributed by atoms with Crippen molar-refractivity contribution in [2.45, 2.75) is 43.9 Å². The topological polar surface area (TPSA) is 66.5 Å². The number of hydrogen-bond acceptors (Lipinski definition) is 3. The van der Waals surface area contributed by atoms with E-state index in [0.717, 1.165) is 55.5 Å². The monoisotopic (exact) mass is 384 g/mol. The summed E-state index contributed by atoms with van der Waals surface area (Å²) in [4.78, 5) is 14.6. The summed E-state index contributed by atoms with van der Waals surface area (Å²) in [5, 5.41) is 0. The Bertz CT molecular complexity index is 963. The van der Waals surface area contributed by atoms with Crippen molar-refractivity contribution in [2.24, 2.45) is 5.92 Å². The van der Waals surface area contributed by atoms with Gasteiger partial charge in [0.1, 0.15) is 0 Å². The van der Waals surface area contributed by atoms with Gasteiger partial charge in [0.05, 0.1) is 4.90 Å². The molecule has 0 spiro atoms. The minimum absolute atomic E-state index is 0.181. The van der Waals surface area contributed by atoms with E-state index in [-0.39, 0.29) is 16.7 Å². The third kappa shape index (κ3) is 3.72. The number of nitrogens with one attached hydrogen (secondary N) is 1. The van der Waals surface area contributed by atoms with E-state index in [1.54, 1.807) is 18.2 Å². The lowest BCUT2D eigenvalue weighted by Crippen LogP contribution is -2.36. The molecule has 0 unspecified atom stereocenters. The first-order chi connectivity index (χ1) is 13.0. The highest BCUT2D eigenvalue weighted by atomic mass is 32.2. The van der Waals surface area contributed by atoms with Crippen LogP contribution >= 0.6 is 0 Å². The van der Waals surface area contributed by atoms with Crippen LogP contribution in [0.5, 0.6) is 0 Å². The van der Waals surface area contributed by atoms with Gasteiger partial charge in [-0.1, -0.05) is 19.1 Å². The van der Waals surface area contributed by atoms with Gasteiger partial charge in [-0.3, -0.25) is 9.52 Å². The number of rotatable bonds is 5. The molecule has 0 bridgehead atoms. The van der Waals surface area contributed by atoms with E-state index in [9.17, 15) is 13.2 Å². The molecular formula is C21H24N2O3S. The van der Waals surface area contributed by atoms with Gasteiger partial charge in [0.15, 0.2) is 0 Å².